The lowest BCUT2D eigenvalue weighted by Crippen LogP contribution is -2.45. The van der Waals surface area contributed by atoms with E-state index < -0.39 is 0 Å². The molecule has 2 N–H and O–H groups in total. The molecule has 0 aromatic carbocycles. The van der Waals surface area contributed by atoms with E-state index in [1.165, 1.54) is 12.8 Å². The van der Waals surface area contributed by atoms with Gasteiger partial charge in [0.05, 0.1) is 6.10 Å². The first-order chi connectivity index (χ1) is 7.51. The molecule has 2 heteroatoms. The van der Waals surface area contributed by atoms with Crippen molar-refractivity contribution >= 4 is 0 Å². The monoisotopic (exact) mass is 227 g/mol. The van der Waals surface area contributed by atoms with E-state index in [1.807, 2.05) is 0 Å². The molecule has 0 radical (unpaired) electrons. The predicted molar refractivity (Wildman–Crippen MR) is 69.4 cm³/mol. The Morgan fingerprint density at radius 2 is 1.94 bits per heavy atom. The molecule has 1 fully saturated rings. The summed E-state index contributed by atoms with van der Waals surface area (Å²) in [4.78, 5) is 0. The second kappa shape index (κ2) is 6.02. The molecule has 1 aliphatic carbocycles. The largest absolute Gasteiger partial charge is 0.377 e. The van der Waals surface area contributed by atoms with E-state index in [1.54, 1.807) is 0 Å². The van der Waals surface area contributed by atoms with Crippen molar-refractivity contribution in [3.8, 4) is 0 Å². The second-order valence-electron chi connectivity index (χ2n) is 5.93. The minimum Gasteiger partial charge on any atom is -0.377 e. The highest BCUT2D eigenvalue weighted by atomic mass is 16.5. The molecule has 1 aliphatic rings. The van der Waals surface area contributed by atoms with E-state index >= 15 is 0 Å². The summed E-state index contributed by atoms with van der Waals surface area (Å²) in [5.74, 6) is 0.777. The lowest BCUT2D eigenvalue weighted by Gasteiger charge is -2.41. The van der Waals surface area contributed by atoms with Gasteiger partial charge in [0, 0.05) is 12.6 Å². The quantitative estimate of drug-likeness (QED) is 0.781. The van der Waals surface area contributed by atoms with Gasteiger partial charge in [-0.2, -0.15) is 0 Å². The SMILES string of the molecule is CCCOC1CC(C(C)(C)CC)CCC1N. The fourth-order valence-electron chi connectivity index (χ4n) is 2.61. The van der Waals surface area contributed by atoms with Crippen molar-refractivity contribution in [1.82, 2.24) is 0 Å². The minimum atomic E-state index is 0.260. The third-order valence-corrected chi connectivity index (χ3v) is 4.40. The van der Waals surface area contributed by atoms with Gasteiger partial charge in [0.25, 0.3) is 0 Å². The summed E-state index contributed by atoms with van der Waals surface area (Å²) in [7, 11) is 0. The van der Waals surface area contributed by atoms with Gasteiger partial charge in [-0.1, -0.05) is 34.1 Å². The van der Waals surface area contributed by atoms with Crippen molar-refractivity contribution in [1.29, 1.82) is 0 Å². The molecule has 3 atom stereocenters. The molecule has 0 spiro atoms. The zero-order chi connectivity index (χ0) is 12.2. The van der Waals surface area contributed by atoms with Crippen molar-refractivity contribution in [3.05, 3.63) is 0 Å². The molecule has 0 saturated heterocycles. The van der Waals surface area contributed by atoms with Gasteiger partial charge >= 0.3 is 0 Å². The molecule has 0 aliphatic heterocycles. The Bertz CT molecular complexity index is 203. The number of ether oxygens (including phenoxy) is 1. The molecule has 0 aromatic rings. The maximum absolute atomic E-state index is 6.14. The Labute approximate surface area is 101 Å². The van der Waals surface area contributed by atoms with Gasteiger partial charge in [0.1, 0.15) is 0 Å². The lowest BCUT2D eigenvalue weighted by atomic mass is 9.68. The topological polar surface area (TPSA) is 35.2 Å². The highest BCUT2D eigenvalue weighted by Crippen LogP contribution is 2.40. The molecule has 3 unspecified atom stereocenters. The normalized spacial score (nSPS) is 31.7. The molecule has 0 heterocycles. The molecule has 0 amide bonds. The molecule has 0 bridgehead atoms. The van der Waals surface area contributed by atoms with Crippen LogP contribution in [0.1, 0.15) is 59.8 Å². The van der Waals surface area contributed by atoms with E-state index in [-0.39, 0.29) is 6.04 Å². The van der Waals surface area contributed by atoms with Gasteiger partial charge < -0.3 is 10.5 Å². The van der Waals surface area contributed by atoms with Gasteiger partial charge in [-0.25, -0.2) is 0 Å². The summed E-state index contributed by atoms with van der Waals surface area (Å²) >= 11 is 0. The van der Waals surface area contributed by atoms with Crippen molar-refractivity contribution in [2.45, 2.75) is 71.9 Å². The first-order valence-electron chi connectivity index (χ1n) is 6.88. The molecule has 1 rings (SSSR count). The van der Waals surface area contributed by atoms with Crippen LogP contribution in [0.3, 0.4) is 0 Å². The van der Waals surface area contributed by atoms with Gasteiger partial charge in [0.2, 0.25) is 0 Å². The molecule has 96 valence electrons. The first kappa shape index (κ1) is 14.0. The van der Waals surface area contributed by atoms with Crippen LogP contribution in [0.2, 0.25) is 0 Å². The fraction of sp³-hybridized carbons (Fsp3) is 1.00. The van der Waals surface area contributed by atoms with Crippen LogP contribution < -0.4 is 5.73 Å². The third-order valence-electron chi connectivity index (χ3n) is 4.40. The van der Waals surface area contributed by atoms with Crippen LogP contribution in [0.5, 0.6) is 0 Å². The molecule has 1 saturated carbocycles. The number of hydrogen-bond donors (Lipinski definition) is 1. The summed E-state index contributed by atoms with van der Waals surface area (Å²) in [5, 5.41) is 0. The highest BCUT2D eigenvalue weighted by molar-refractivity contribution is 4.89. The standard InChI is InChI=1S/C14H29NO/c1-5-9-16-13-10-11(7-8-12(13)15)14(3,4)6-2/h11-13H,5-10,15H2,1-4H3. The predicted octanol–water partition coefficient (Wildman–Crippen LogP) is 3.35. The van der Waals surface area contributed by atoms with Crippen LogP contribution >= 0.6 is 0 Å². The summed E-state index contributed by atoms with van der Waals surface area (Å²) in [6.07, 6.45) is 6.18. The molecule has 16 heavy (non-hydrogen) atoms. The number of nitrogens with two attached hydrogens (primary N) is 1. The summed E-state index contributed by atoms with van der Waals surface area (Å²) in [6.45, 7) is 10.1. The Kier molecular flexibility index (Phi) is 5.26. The van der Waals surface area contributed by atoms with Crippen molar-refractivity contribution in [2.24, 2.45) is 17.1 Å². The van der Waals surface area contributed by atoms with Crippen molar-refractivity contribution in [2.75, 3.05) is 6.61 Å². The highest BCUT2D eigenvalue weighted by Gasteiger charge is 2.36. The summed E-state index contributed by atoms with van der Waals surface area (Å²) in [5.41, 5.74) is 6.58. The van der Waals surface area contributed by atoms with Crippen LogP contribution in [0, 0.1) is 11.3 Å². The smallest absolute Gasteiger partial charge is 0.0728 e. The first-order valence-corrected chi connectivity index (χ1v) is 6.88. The molecule has 2 nitrogen and oxygen atoms in total. The van der Waals surface area contributed by atoms with Gasteiger partial charge in [-0.05, 0) is 37.0 Å². The Balaban J connectivity index is 2.53. The maximum atomic E-state index is 6.14. The number of hydrogen-bond acceptors (Lipinski definition) is 2. The molecular formula is C14H29NO. The van der Waals surface area contributed by atoms with Crippen LogP contribution in [-0.2, 0) is 4.74 Å². The molecular weight excluding hydrogens is 198 g/mol. The van der Waals surface area contributed by atoms with Crippen LogP contribution in [0.25, 0.3) is 0 Å². The zero-order valence-electron chi connectivity index (χ0n) is 11.5. The van der Waals surface area contributed by atoms with Crippen molar-refractivity contribution in [3.63, 3.8) is 0 Å². The molecule has 0 aromatic heterocycles. The summed E-state index contributed by atoms with van der Waals surface area (Å²) in [6, 6.07) is 0.260. The van der Waals surface area contributed by atoms with Gasteiger partial charge in [-0.3, -0.25) is 0 Å². The van der Waals surface area contributed by atoms with E-state index in [9.17, 15) is 0 Å². The van der Waals surface area contributed by atoms with Crippen molar-refractivity contribution < 1.29 is 4.74 Å². The van der Waals surface area contributed by atoms with E-state index in [0.29, 0.717) is 11.5 Å². The number of rotatable bonds is 5. The van der Waals surface area contributed by atoms with Gasteiger partial charge in [0.15, 0.2) is 0 Å². The van der Waals surface area contributed by atoms with Crippen LogP contribution in [0.4, 0.5) is 0 Å². The maximum Gasteiger partial charge on any atom is 0.0728 e. The van der Waals surface area contributed by atoms with E-state index in [0.717, 1.165) is 31.8 Å². The van der Waals surface area contributed by atoms with E-state index in [2.05, 4.69) is 27.7 Å². The van der Waals surface area contributed by atoms with E-state index in [4.69, 9.17) is 10.5 Å². The van der Waals surface area contributed by atoms with Crippen LogP contribution in [-0.4, -0.2) is 18.8 Å². The van der Waals surface area contributed by atoms with Gasteiger partial charge in [-0.15, -0.1) is 0 Å². The minimum absolute atomic E-state index is 0.260. The summed E-state index contributed by atoms with van der Waals surface area (Å²) < 4.78 is 5.89. The third kappa shape index (κ3) is 3.46. The average molecular weight is 227 g/mol. The lowest BCUT2D eigenvalue weighted by molar-refractivity contribution is -0.0222. The second-order valence-corrected chi connectivity index (χ2v) is 5.93. The fourth-order valence-corrected chi connectivity index (χ4v) is 2.61. The Morgan fingerprint density at radius 3 is 2.50 bits per heavy atom. The average Bonchev–Trinajstić information content (AvgIpc) is 2.27. The van der Waals surface area contributed by atoms with Crippen LogP contribution in [0.15, 0.2) is 0 Å². The zero-order valence-corrected chi connectivity index (χ0v) is 11.5. The Hall–Kier alpha value is -0.0800. The Morgan fingerprint density at radius 1 is 1.25 bits per heavy atom.